The second-order valence-corrected chi connectivity index (χ2v) is 6.45. The van der Waals surface area contributed by atoms with E-state index in [4.69, 9.17) is 0 Å². The number of aromatic nitrogens is 3. The Labute approximate surface area is 142 Å². The normalized spacial score (nSPS) is 14.9. The van der Waals surface area contributed by atoms with E-state index in [1.807, 2.05) is 13.8 Å². The third-order valence-electron chi connectivity index (χ3n) is 4.37. The molecule has 24 heavy (non-hydrogen) atoms. The SMILES string of the molecule is CCCNC(=O)c1nc(N2CCCCC2)c2c(C)cc(C)nc2n1. The van der Waals surface area contributed by atoms with Gasteiger partial charge in [0.25, 0.3) is 5.91 Å². The summed E-state index contributed by atoms with van der Waals surface area (Å²) in [7, 11) is 0. The largest absolute Gasteiger partial charge is 0.356 e. The fraction of sp³-hybridized carbons (Fsp3) is 0.556. The first-order valence-corrected chi connectivity index (χ1v) is 8.79. The minimum absolute atomic E-state index is 0.217. The van der Waals surface area contributed by atoms with Crippen molar-refractivity contribution in [3.05, 3.63) is 23.1 Å². The summed E-state index contributed by atoms with van der Waals surface area (Å²) in [6.07, 6.45) is 4.44. The molecule has 1 aliphatic rings. The van der Waals surface area contributed by atoms with E-state index in [0.717, 1.165) is 54.8 Å². The highest BCUT2D eigenvalue weighted by atomic mass is 16.2. The smallest absolute Gasteiger partial charge is 0.289 e. The minimum atomic E-state index is -0.224. The van der Waals surface area contributed by atoms with Crippen LogP contribution in [0, 0.1) is 13.8 Å². The van der Waals surface area contributed by atoms with E-state index in [-0.39, 0.29) is 11.7 Å². The van der Waals surface area contributed by atoms with Gasteiger partial charge in [0, 0.05) is 25.3 Å². The number of pyridine rings is 1. The summed E-state index contributed by atoms with van der Waals surface area (Å²) in [4.78, 5) is 28.3. The molecule has 1 aliphatic heterocycles. The van der Waals surface area contributed by atoms with Gasteiger partial charge in [-0.15, -0.1) is 0 Å². The molecular formula is C18H25N5O. The van der Waals surface area contributed by atoms with Crippen LogP contribution in [-0.4, -0.2) is 40.5 Å². The Kier molecular flexibility index (Phi) is 4.92. The summed E-state index contributed by atoms with van der Waals surface area (Å²) >= 11 is 0. The van der Waals surface area contributed by atoms with E-state index in [2.05, 4.69) is 38.2 Å². The molecule has 1 amide bonds. The first-order valence-electron chi connectivity index (χ1n) is 8.79. The number of anilines is 1. The van der Waals surface area contributed by atoms with Crippen molar-refractivity contribution in [1.29, 1.82) is 0 Å². The number of carbonyl (C=O) groups is 1. The zero-order valence-electron chi connectivity index (χ0n) is 14.7. The highest BCUT2D eigenvalue weighted by Crippen LogP contribution is 2.28. The van der Waals surface area contributed by atoms with Gasteiger partial charge in [0.15, 0.2) is 5.65 Å². The van der Waals surface area contributed by atoms with E-state index in [1.165, 1.54) is 6.42 Å². The highest BCUT2D eigenvalue weighted by Gasteiger charge is 2.21. The number of aryl methyl sites for hydroxylation is 2. The maximum Gasteiger partial charge on any atom is 0.289 e. The van der Waals surface area contributed by atoms with Crippen molar-refractivity contribution in [2.75, 3.05) is 24.5 Å². The van der Waals surface area contributed by atoms with Crippen LogP contribution in [0.5, 0.6) is 0 Å². The van der Waals surface area contributed by atoms with Gasteiger partial charge in [-0.3, -0.25) is 4.79 Å². The van der Waals surface area contributed by atoms with Gasteiger partial charge < -0.3 is 10.2 Å². The van der Waals surface area contributed by atoms with Gasteiger partial charge in [0.1, 0.15) is 5.82 Å². The quantitative estimate of drug-likeness (QED) is 0.935. The van der Waals surface area contributed by atoms with Gasteiger partial charge in [-0.05, 0) is 51.2 Å². The standard InChI is InChI=1S/C18H25N5O/c1-4-8-19-18(24)16-21-15-14(12(2)11-13(3)20-15)17(22-16)23-9-6-5-7-10-23/h11H,4-10H2,1-3H3,(H,19,24). The molecule has 0 radical (unpaired) electrons. The summed E-state index contributed by atoms with van der Waals surface area (Å²) < 4.78 is 0. The van der Waals surface area contributed by atoms with Crippen LogP contribution >= 0.6 is 0 Å². The van der Waals surface area contributed by atoms with Crippen LogP contribution in [0.3, 0.4) is 0 Å². The van der Waals surface area contributed by atoms with Crippen LogP contribution in [0.1, 0.15) is 54.5 Å². The van der Waals surface area contributed by atoms with Crippen LogP contribution in [0.15, 0.2) is 6.07 Å². The van der Waals surface area contributed by atoms with Crippen LogP contribution in [-0.2, 0) is 0 Å². The fourth-order valence-electron chi connectivity index (χ4n) is 3.21. The molecule has 0 saturated carbocycles. The predicted molar refractivity (Wildman–Crippen MR) is 95.5 cm³/mol. The molecule has 0 aliphatic carbocycles. The van der Waals surface area contributed by atoms with Crippen LogP contribution in [0.4, 0.5) is 5.82 Å². The number of rotatable bonds is 4. The van der Waals surface area contributed by atoms with E-state index in [1.54, 1.807) is 0 Å². The fourth-order valence-corrected chi connectivity index (χ4v) is 3.21. The minimum Gasteiger partial charge on any atom is -0.356 e. The van der Waals surface area contributed by atoms with Crippen LogP contribution < -0.4 is 10.2 Å². The molecule has 0 spiro atoms. The lowest BCUT2D eigenvalue weighted by atomic mass is 10.1. The number of piperidine rings is 1. The van der Waals surface area contributed by atoms with Crippen molar-refractivity contribution in [3.63, 3.8) is 0 Å². The summed E-state index contributed by atoms with van der Waals surface area (Å²) in [5.74, 6) is 0.846. The predicted octanol–water partition coefficient (Wildman–Crippen LogP) is 2.77. The Bertz CT molecular complexity index is 753. The van der Waals surface area contributed by atoms with Crippen molar-refractivity contribution in [1.82, 2.24) is 20.3 Å². The van der Waals surface area contributed by atoms with Crippen molar-refractivity contribution in [2.45, 2.75) is 46.5 Å². The Morgan fingerprint density at radius 2 is 1.92 bits per heavy atom. The Balaban J connectivity index is 2.12. The van der Waals surface area contributed by atoms with E-state index < -0.39 is 0 Å². The average Bonchev–Trinajstić information content (AvgIpc) is 2.59. The van der Waals surface area contributed by atoms with E-state index in [0.29, 0.717) is 12.2 Å². The topological polar surface area (TPSA) is 71.0 Å². The molecule has 1 saturated heterocycles. The Morgan fingerprint density at radius 1 is 1.17 bits per heavy atom. The molecule has 128 valence electrons. The van der Waals surface area contributed by atoms with Crippen molar-refractivity contribution >= 4 is 22.8 Å². The molecule has 1 N–H and O–H groups in total. The monoisotopic (exact) mass is 327 g/mol. The Morgan fingerprint density at radius 3 is 2.62 bits per heavy atom. The third kappa shape index (κ3) is 3.32. The first-order chi connectivity index (χ1) is 11.6. The molecule has 0 atom stereocenters. The molecule has 3 heterocycles. The molecule has 0 aromatic carbocycles. The van der Waals surface area contributed by atoms with E-state index in [9.17, 15) is 4.79 Å². The summed E-state index contributed by atoms with van der Waals surface area (Å²) in [6.45, 7) is 8.59. The van der Waals surface area contributed by atoms with Crippen LogP contribution in [0.25, 0.3) is 11.0 Å². The van der Waals surface area contributed by atoms with Crippen molar-refractivity contribution in [2.24, 2.45) is 0 Å². The lowest BCUT2D eigenvalue weighted by Crippen LogP contribution is -2.32. The molecule has 0 bridgehead atoms. The molecule has 6 heteroatoms. The maximum atomic E-state index is 12.4. The second-order valence-electron chi connectivity index (χ2n) is 6.45. The number of hydrogen-bond acceptors (Lipinski definition) is 5. The molecule has 2 aromatic rings. The van der Waals surface area contributed by atoms with Crippen LogP contribution in [0.2, 0.25) is 0 Å². The maximum absolute atomic E-state index is 12.4. The number of nitrogens with one attached hydrogen (secondary N) is 1. The van der Waals surface area contributed by atoms with Gasteiger partial charge in [-0.25, -0.2) is 15.0 Å². The molecule has 3 rings (SSSR count). The van der Waals surface area contributed by atoms with Gasteiger partial charge in [0.2, 0.25) is 5.82 Å². The zero-order valence-corrected chi connectivity index (χ0v) is 14.7. The lowest BCUT2D eigenvalue weighted by molar-refractivity contribution is 0.0943. The number of fused-ring (bicyclic) bond motifs is 1. The lowest BCUT2D eigenvalue weighted by Gasteiger charge is -2.29. The molecule has 0 unspecified atom stereocenters. The molecule has 6 nitrogen and oxygen atoms in total. The molecule has 1 fully saturated rings. The number of hydrogen-bond donors (Lipinski definition) is 1. The van der Waals surface area contributed by atoms with Gasteiger partial charge in [0.05, 0.1) is 5.39 Å². The summed E-state index contributed by atoms with van der Waals surface area (Å²) in [5, 5.41) is 3.83. The second kappa shape index (κ2) is 7.11. The number of amides is 1. The van der Waals surface area contributed by atoms with Gasteiger partial charge >= 0.3 is 0 Å². The number of carbonyl (C=O) groups excluding carboxylic acids is 1. The zero-order chi connectivity index (χ0) is 17.1. The van der Waals surface area contributed by atoms with Crippen molar-refractivity contribution < 1.29 is 4.79 Å². The van der Waals surface area contributed by atoms with Gasteiger partial charge in [-0.2, -0.15) is 0 Å². The van der Waals surface area contributed by atoms with E-state index >= 15 is 0 Å². The third-order valence-corrected chi connectivity index (χ3v) is 4.37. The van der Waals surface area contributed by atoms with Gasteiger partial charge in [-0.1, -0.05) is 6.92 Å². The average molecular weight is 327 g/mol. The number of nitrogens with zero attached hydrogens (tertiary/aromatic N) is 4. The van der Waals surface area contributed by atoms with Crippen molar-refractivity contribution in [3.8, 4) is 0 Å². The summed E-state index contributed by atoms with van der Waals surface area (Å²) in [6, 6.07) is 2.05. The highest BCUT2D eigenvalue weighted by molar-refractivity contribution is 5.96. The molecule has 2 aromatic heterocycles. The Hall–Kier alpha value is -2.24. The summed E-state index contributed by atoms with van der Waals surface area (Å²) in [5.41, 5.74) is 2.63. The molecular weight excluding hydrogens is 302 g/mol. The first kappa shape index (κ1) is 16.6.